The topological polar surface area (TPSA) is 68.0 Å². The van der Waals surface area contributed by atoms with Crippen molar-refractivity contribution in [3.8, 4) is 0 Å². The lowest BCUT2D eigenvalue weighted by Crippen LogP contribution is -2.51. The fourth-order valence-corrected chi connectivity index (χ4v) is 1.93. The maximum Gasteiger partial charge on any atom is 0.244 e. The number of primary amides is 1. The van der Waals surface area contributed by atoms with E-state index >= 15 is 0 Å². The zero-order chi connectivity index (χ0) is 11.5. The fraction of sp³-hybridized carbons (Fsp3) is 0.600. The van der Waals surface area contributed by atoms with E-state index in [1.807, 2.05) is 5.38 Å². The maximum atomic E-state index is 11.5. The van der Waals surface area contributed by atoms with E-state index in [1.54, 1.807) is 13.1 Å². The number of nitrogens with two attached hydrogens (primary N) is 1. The van der Waals surface area contributed by atoms with Gasteiger partial charge >= 0.3 is 0 Å². The van der Waals surface area contributed by atoms with E-state index in [0.29, 0.717) is 5.92 Å². The van der Waals surface area contributed by atoms with Crippen molar-refractivity contribution >= 4 is 17.2 Å². The summed E-state index contributed by atoms with van der Waals surface area (Å²) in [7, 11) is 0. The summed E-state index contributed by atoms with van der Waals surface area (Å²) in [6.07, 6.45) is 1.68. The molecule has 1 aromatic rings. The second kappa shape index (κ2) is 4.72. The first-order chi connectivity index (χ1) is 6.97. The van der Waals surface area contributed by atoms with Gasteiger partial charge in [-0.15, -0.1) is 11.3 Å². The number of nitrogens with one attached hydrogen (secondary N) is 1. The molecule has 1 atom stereocenters. The van der Waals surface area contributed by atoms with Crippen molar-refractivity contribution in [3.05, 3.63) is 16.6 Å². The van der Waals surface area contributed by atoms with Gasteiger partial charge in [-0.05, 0) is 19.4 Å². The van der Waals surface area contributed by atoms with Crippen LogP contribution >= 0.6 is 11.3 Å². The SMILES string of the molecule is CC(C)CNC(C)(C(N)=O)c1nccs1. The highest BCUT2D eigenvalue weighted by Gasteiger charge is 2.35. The van der Waals surface area contributed by atoms with Gasteiger partial charge in [0.15, 0.2) is 0 Å². The summed E-state index contributed by atoms with van der Waals surface area (Å²) < 4.78 is 0. The van der Waals surface area contributed by atoms with Gasteiger partial charge in [0.25, 0.3) is 0 Å². The van der Waals surface area contributed by atoms with Gasteiger partial charge in [-0.3, -0.25) is 10.1 Å². The molecule has 1 aromatic heterocycles. The number of hydrogen-bond donors (Lipinski definition) is 2. The Morgan fingerprint density at radius 3 is 2.80 bits per heavy atom. The minimum atomic E-state index is -0.849. The van der Waals surface area contributed by atoms with E-state index in [9.17, 15) is 4.79 Å². The van der Waals surface area contributed by atoms with Crippen LogP contribution in [0.25, 0.3) is 0 Å². The molecule has 5 heteroatoms. The molecule has 0 bridgehead atoms. The number of nitrogens with zero attached hydrogens (tertiary/aromatic N) is 1. The molecule has 1 amide bonds. The third-order valence-corrected chi connectivity index (χ3v) is 3.21. The normalized spacial score (nSPS) is 15.2. The van der Waals surface area contributed by atoms with Crippen molar-refractivity contribution in [2.24, 2.45) is 11.7 Å². The molecular formula is C10H17N3OS. The van der Waals surface area contributed by atoms with E-state index in [0.717, 1.165) is 11.6 Å². The average molecular weight is 227 g/mol. The van der Waals surface area contributed by atoms with E-state index in [2.05, 4.69) is 24.1 Å². The Hall–Kier alpha value is -0.940. The van der Waals surface area contributed by atoms with Crippen LogP contribution in [0.4, 0.5) is 0 Å². The Morgan fingerprint density at radius 2 is 2.40 bits per heavy atom. The summed E-state index contributed by atoms with van der Waals surface area (Å²) in [4.78, 5) is 15.6. The van der Waals surface area contributed by atoms with Crippen molar-refractivity contribution in [1.82, 2.24) is 10.3 Å². The highest BCUT2D eigenvalue weighted by Crippen LogP contribution is 2.22. The van der Waals surface area contributed by atoms with Gasteiger partial charge in [0.1, 0.15) is 10.5 Å². The summed E-state index contributed by atoms with van der Waals surface area (Å²) >= 11 is 1.44. The van der Waals surface area contributed by atoms with E-state index in [1.165, 1.54) is 11.3 Å². The Balaban J connectivity index is 2.85. The van der Waals surface area contributed by atoms with Gasteiger partial charge < -0.3 is 5.73 Å². The van der Waals surface area contributed by atoms with Gasteiger partial charge in [-0.25, -0.2) is 4.98 Å². The lowest BCUT2D eigenvalue weighted by Gasteiger charge is -2.26. The second-order valence-corrected chi connectivity index (χ2v) is 5.00. The molecule has 0 spiro atoms. The van der Waals surface area contributed by atoms with Crippen LogP contribution in [0, 0.1) is 5.92 Å². The smallest absolute Gasteiger partial charge is 0.244 e. The average Bonchev–Trinajstić information content (AvgIpc) is 2.66. The summed E-state index contributed by atoms with van der Waals surface area (Å²) in [5.41, 5.74) is 4.56. The third-order valence-electron chi connectivity index (χ3n) is 2.22. The van der Waals surface area contributed by atoms with Gasteiger partial charge in [0.05, 0.1) is 0 Å². The Bertz CT molecular complexity index is 323. The first-order valence-electron chi connectivity index (χ1n) is 4.91. The van der Waals surface area contributed by atoms with Crippen LogP contribution in [-0.4, -0.2) is 17.4 Å². The van der Waals surface area contributed by atoms with Crippen molar-refractivity contribution in [2.75, 3.05) is 6.54 Å². The molecular weight excluding hydrogens is 210 g/mol. The van der Waals surface area contributed by atoms with E-state index in [4.69, 9.17) is 5.73 Å². The maximum absolute atomic E-state index is 11.5. The Labute approximate surface area is 93.9 Å². The zero-order valence-electron chi connectivity index (χ0n) is 9.28. The van der Waals surface area contributed by atoms with Gasteiger partial charge in [-0.2, -0.15) is 0 Å². The van der Waals surface area contributed by atoms with E-state index in [-0.39, 0.29) is 0 Å². The number of aromatic nitrogens is 1. The minimum absolute atomic E-state index is 0.391. The lowest BCUT2D eigenvalue weighted by atomic mass is 10.0. The molecule has 0 radical (unpaired) electrons. The molecule has 0 fully saturated rings. The van der Waals surface area contributed by atoms with Crippen molar-refractivity contribution in [3.63, 3.8) is 0 Å². The molecule has 84 valence electrons. The monoisotopic (exact) mass is 227 g/mol. The molecule has 0 saturated carbocycles. The molecule has 0 aliphatic carbocycles. The van der Waals surface area contributed by atoms with Gasteiger partial charge in [0.2, 0.25) is 5.91 Å². The van der Waals surface area contributed by atoms with Crippen LogP contribution in [0.3, 0.4) is 0 Å². The molecule has 1 heterocycles. The standard InChI is InChI=1S/C10H17N3OS/c1-7(2)6-13-10(3,8(11)14)9-12-4-5-15-9/h4-5,7,13H,6H2,1-3H3,(H2,11,14). The molecule has 15 heavy (non-hydrogen) atoms. The minimum Gasteiger partial charge on any atom is -0.368 e. The highest BCUT2D eigenvalue weighted by atomic mass is 32.1. The predicted octanol–water partition coefficient (Wildman–Crippen LogP) is 1.09. The van der Waals surface area contributed by atoms with Gasteiger partial charge in [0, 0.05) is 11.6 Å². The van der Waals surface area contributed by atoms with Gasteiger partial charge in [-0.1, -0.05) is 13.8 Å². The van der Waals surface area contributed by atoms with Crippen LogP contribution in [0.5, 0.6) is 0 Å². The number of thiazole rings is 1. The fourth-order valence-electron chi connectivity index (χ4n) is 1.15. The van der Waals surface area contributed by atoms with E-state index < -0.39 is 11.4 Å². The summed E-state index contributed by atoms with van der Waals surface area (Å²) in [5, 5.41) is 5.73. The lowest BCUT2D eigenvalue weighted by molar-refractivity contribution is -0.124. The molecule has 0 aliphatic rings. The Morgan fingerprint density at radius 1 is 1.73 bits per heavy atom. The Kier molecular flexibility index (Phi) is 3.82. The molecule has 0 aliphatic heterocycles. The molecule has 4 nitrogen and oxygen atoms in total. The first kappa shape index (κ1) is 12.1. The van der Waals surface area contributed by atoms with Crippen molar-refractivity contribution in [2.45, 2.75) is 26.3 Å². The molecule has 3 N–H and O–H groups in total. The summed E-state index contributed by atoms with van der Waals surface area (Å²) in [5.74, 6) is 0.0711. The second-order valence-electron chi connectivity index (χ2n) is 4.10. The van der Waals surface area contributed by atoms with Crippen LogP contribution in [0.1, 0.15) is 25.8 Å². The van der Waals surface area contributed by atoms with Crippen LogP contribution in [0.2, 0.25) is 0 Å². The molecule has 1 unspecified atom stereocenters. The third kappa shape index (κ3) is 2.76. The van der Waals surface area contributed by atoms with Crippen LogP contribution in [-0.2, 0) is 10.3 Å². The first-order valence-corrected chi connectivity index (χ1v) is 5.79. The number of hydrogen-bond acceptors (Lipinski definition) is 4. The van der Waals surface area contributed by atoms with Crippen LogP contribution in [0.15, 0.2) is 11.6 Å². The summed E-state index contributed by atoms with van der Waals surface area (Å²) in [6, 6.07) is 0. The molecule has 0 saturated heterocycles. The molecule has 1 rings (SSSR count). The number of amides is 1. The highest BCUT2D eigenvalue weighted by molar-refractivity contribution is 7.09. The number of carbonyl (C=O) groups excluding carboxylic acids is 1. The summed E-state index contributed by atoms with van der Waals surface area (Å²) in [6.45, 7) is 6.67. The van der Waals surface area contributed by atoms with Crippen LogP contribution < -0.4 is 11.1 Å². The quantitative estimate of drug-likeness (QED) is 0.791. The largest absolute Gasteiger partial charge is 0.368 e. The van der Waals surface area contributed by atoms with Crippen molar-refractivity contribution in [1.29, 1.82) is 0 Å². The number of carbonyl (C=O) groups is 1. The molecule has 0 aromatic carbocycles. The number of rotatable bonds is 5. The zero-order valence-corrected chi connectivity index (χ0v) is 10.1. The predicted molar refractivity (Wildman–Crippen MR) is 61.5 cm³/mol. The van der Waals surface area contributed by atoms with Crippen molar-refractivity contribution < 1.29 is 4.79 Å².